The van der Waals surface area contributed by atoms with Crippen molar-refractivity contribution in [3.8, 4) is 0 Å². The van der Waals surface area contributed by atoms with Crippen LogP contribution >= 0.6 is 0 Å². The van der Waals surface area contributed by atoms with Gasteiger partial charge in [-0.25, -0.2) is 4.79 Å². The van der Waals surface area contributed by atoms with E-state index in [1.807, 2.05) is 60.1 Å². The van der Waals surface area contributed by atoms with Gasteiger partial charge in [-0.15, -0.1) is 5.16 Å². The number of amides is 2. The molecule has 1 aromatic heterocycles. The van der Waals surface area contributed by atoms with Crippen molar-refractivity contribution in [1.29, 1.82) is 0 Å². The van der Waals surface area contributed by atoms with Crippen molar-refractivity contribution in [3.05, 3.63) is 53.3 Å². The first-order chi connectivity index (χ1) is 15.0. The molecule has 2 atom stereocenters. The lowest BCUT2D eigenvalue weighted by Crippen LogP contribution is -2.41. The van der Waals surface area contributed by atoms with E-state index in [2.05, 4.69) is 44.1 Å². The molecule has 172 valence electrons. The van der Waals surface area contributed by atoms with Gasteiger partial charge in [-0.1, -0.05) is 51.1 Å². The monoisotopic (exact) mass is 455 g/mol. The van der Waals surface area contributed by atoms with Gasteiger partial charge in [-0.2, -0.15) is 10.2 Å². The van der Waals surface area contributed by atoms with Crippen LogP contribution < -0.4 is 0 Å². The van der Waals surface area contributed by atoms with Crippen LogP contribution in [-0.4, -0.2) is 46.3 Å². The zero-order chi connectivity index (χ0) is 23.3. The Labute approximate surface area is 190 Å². The largest absolute Gasteiger partial charge is 0.455 e. The predicted octanol–water partition coefficient (Wildman–Crippen LogP) is 4.78. The number of benzene rings is 1. The molecular formula is C23H33N5O3Si. The van der Waals surface area contributed by atoms with Gasteiger partial charge in [0.1, 0.15) is 18.7 Å². The van der Waals surface area contributed by atoms with Crippen molar-refractivity contribution < 1.29 is 14.2 Å². The summed E-state index contributed by atoms with van der Waals surface area (Å²) in [7, 11) is -0.169. The second kappa shape index (κ2) is 8.04. The third-order valence-electron chi connectivity index (χ3n) is 6.86. The van der Waals surface area contributed by atoms with Gasteiger partial charge in [-0.05, 0) is 30.6 Å². The first-order valence-electron chi connectivity index (χ1n) is 11.0. The molecule has 3 heterocycles. The number of hydrogen-bond acceptors (Lipinski definition) is 5. The third-order valence-corrected chi connectivity index (χ3v) is 11.0. The van der Waals surface area contributed by atoms with Crippen LogP contribution in [0.25, 0.3) is 0 Å². The van der Waals surface area contributed by atoms with E-state index in [0.717, 1.165) is 22.5 Å². The SMILES string of the molecule is C/C(=N\O[Si](C)(C)C(C)(C)C)[C@@H]1c2c(cnn2C)[C@H]2CN1C(=O)N2OCc1ccccc1. The fraction of sp³-hybridized carbons (Fsp3) is 0.522. The van der Waals surface area contributed by atoms with E-state index < -0.39 is 8.32 Å². The molecule has 0 aliphatic carbocycles. The molecule has 0 unspecified atom stereocenters. The van der Waals surface area contributed by atoms with Gasteiger partial charge in [0, 0.05) is 12.6 Å². The Kier molecular flexibility index (Phi) is 5.66. The Morgan fingerprint density at radius 3 is 2.59 bits per heavy atom. The van der Waals surface area contributed by atoms with E-state index in [-0.39, 0.29) is 23.2 Å². The van der Waals surface area contributed by atoms with Crippen LogP contribution in [0.4, 0.5) is 4.79 Å². The summed E-state index contributed by atoms with van der Waals surface area (Å²) >= 11 is 0. The number of carbonyl (C=O) groups is 1. The summed E-state index contributed by atoms with van der Waals surface area (Å²) in [6.45, 7) is 13.7. The first-order valence-corrected chi connectivity index (χ1v) is 13.9. The Morgan fingerprint density at radius 1 is 1.25 bits per heavy atom. The number of oxime groups is 1. The summed E-state index contributed by atoms with van der Waals surface area (Å²) < 4.78 is 7.96. The van der Waals surface area contributed by atoms with Gasteiger partial charge < -0.3 is 9.43 Å². The lowest BCUT2D eigenvalue weighted by Gasteiger charge is -2.35. The van der Waals surface area contributed by atoms with Gasteiger partial charge in [-0.3, -0.25) is 9.52 Å². The van der Waals surface area contributed by atoms with Crippen molar-refractivity contribution in [2.75, 3.05) is 6.54 Å². The lowest BCUT2D eigenvalue weighted by molar-refractivity contribution is -0.141. The van der Waals surface area contributed by atoms with Crippen molar-refractivity contribution in [2.24, 2.45) is 12.2 Å². The second-order valence-electron chi connectivity index (χ2n) is 10.1. The highest BCUT2D eigenvalue weighted by Gasteiger charge is 2.51. The van der Waals surface area contributed by atoms with Crippen LogP contribution in [0.15, 0.2) is 41.7 Å². The molecular weight excluding hydrogens is 422 g/mol. The molecule has 1 aromatic carbocycles. The number of rotatable bonds is 6. The first kappa shape index (κ1) is 22.5. The Morgan fingerprint density at radius 2 is 1.94 bits per heavy atom. The van der Waals surface area contributed by atoms with Crippen molar-refractivity contribution >= 4 is 20.1 Å². The molecule has 1 saturated heterocycles. The van der Waals surface area contributed by atoms with E-state index >= 15 is 0 Å². The maximum Gasteiger partial charge on any atom is 0.345 e. The summed E-state index contributed by atoms with van der Waals surface area (Å²) in [6.07, 6.45) is 1.84. The number of aromatic nitrogens is 2. The van der Waals surface area contributed by atoms with E-state index in [1.165, 1.54) is 5.06 Å². The van der Waals surface area contributed by atoms with E-state index in [1.54, 1.807) is 0 Å². The average molecular weight is 456 g/mol. The van der Waals surface area contributed by atoms with Crippen LogP contribution in [0.5, 0.6) is 0 Å². The molecule has 2 aliphatic rings. The molecule has 1 fully saturated rings. The van der Waals surface area contributed by atoms with Crippen LogP contribution in [0, 0.1) is 0 Å². The number of carbonyl (C=O) groups excluding carboxylic acids is 1. The van der Waals surface area contributed by atoms with Crippen molar-refractivity contribution in [3.63, 3.8) is 0 Å². The van der Waals surface area contributed by atoms with Gasteiger partial charge in [0.25, 0.3) is 8.32 Å². The summed E-state index contributed by atoms with van der Waals surface area (Å²) in [5.74, 6) is 0. The van der Waals surface area contributed by atoms with Crippen LogP contribution in [0.1, 0.15) is 56.6 Å². The smallest absolute Gasteiger partial charge is 0.345 e. The summed E-state index contributed by atoms with van der Waals surface area (Å²) in [5, 5.41) is 10.6. The molecule has 8 nitrogen and oxygen atoms in total. The molecule has 2 aromatic rings. The summed E-state index contributed by atoms with van der Waals surface area (Å²) in [4.78, 5) is 21.2. The number of hydrogen-bond donors (Lipinski definition) is 0. The minimum absolute atomic E-state index is 0.0394. The zero-order valence-corrected chi connectivity index (χ0v) is 21.0. The average Bonchev–Trinajstić information content (AvgIpc) is 3.25. The molecule has 0 N–H and O–H groups in total. The molecule has 32 heavy (non-hydrogen) atoms. The number of hydroxylamine groups is 2. The number of fused-ring (bicyclic) bond motifs is 4. The van der Waals surface area contributed by atoms with Crippen molar-refractivity contribution in [1.82, 2.24) is 19.7 Å². The van der Waals surface area contributed by atoms with Gasteiger partial charge in [0.2, 0.25) is 0 Å². The van der Waals surface area contributed by atoms with E-state index in [0.29, 0.717) is 13.2 Å². The molecule has 0 saturated carbocycles. The molecule has 2 bridgehead atoms. The van der Waals surface area contributed by atoms with Crippen LogP contribution in [0.2, 0.25) is 18.1 Å². The highest BCUT2D eigenvalue weighted by Crippen LogP contribution is 2.44. The predicted molar refractivity (Wildman–Crippen MR) is 125 cm³/mol. The van der Waals surface area contributed by atoms with E-state index in [4.69, 9.17) is 9.36 Å². The Bertz CT molecular complexity index is 1030. The maximum atomic E-state index is 13.4. The molecule has 2 amide bonds. The Hall–Kier alpha value is -2.65. The highest BCUT2D eigenvalue weighted by atomic mass is 28.4. The standard InChI is InChI=1S/C23H33N5O3Si/c1-16(25-31-32(6,7)23(2,3)4)20-21-18(13-24-26(21)5)19-14-27(20)22(29)28(19)30-15-17-11-9-8-10-12-17/h8-13,19-20H,14-15H2,1-7H3/b25-16+/t19-,20-/m1/s1. The molecule has 4 rings (SSSR count). The minimum atomic E-state index is -2.07. The topological polar surface area (TPSA) is 72.2 Å². The van der Waals surface area contributed by atoms with Crippen LogP contribution in [-0.2, 0) is 23.0 Å². The normalized spacial score (nSPS) is 21.2. The number of urea groups is 1. The van der Waals surface area contributed by atoms with E-state index in [9.17, 15) is 4.79 Å². The van der Waals surface area contributed by atoms with Crippen LogP contribution in [0.3, 0.4) is 0 Å². The maximum absolute atomic E-state index is 13.4. The fourth-order valence-corrected chi connectivity index (χ4v) is 4.55. The molecule has 0 spiro atoms. The summed E-state index contributed by atoms with van der Waals surface area (Å²) in [5.41, 5.74) is 3.71. The summed E-state index contributed by atoms with van der Waals surface area (Å²) in [6, 6.07) is 9.17. The number of aryl methyl sites for hydroxylation is 1. The highest BCUT2D eigenvalue weighted by molar-refractivity contribution is 6.74. The van der Waals surface area contributed by atoms with Gasteiger partial charge >= 0.3 is 6.03 Å². The minimum Gasteiger partial charge on any atom is -0.455 e. The fourth-order valence-electron chi connectivity index (χ4n) is 3.90. The molecule has 0 radical (unpaired) electrons. The Balaban J connectivity index is 1.62. The second-order valence-corrected chi connectivity index (χ2v) is 14.8. The molecule has 2 aliphatic heterocycles. The quantitative estimate of drug-likeness (QED) is 0.357. The molecule has 9 heteroatoms. The number of nitrogens with zero attached hydrogens (tertiary/aromatic N) is 5. The lowest BCUT2D eigenvalue weighted by atomic mass is 9.95. The third kappa shape index (κ3) is 3.84. The van der Waals surface area contributed by atoms with Gasteiger partial charge in [0.05, 0.1) is 24.1 Å². The van der Waals surface area contributed by atoms with Gasteiger partial charge in [0.15, 0.2) is 0 Å². The zero-order valence-electron chi connectivity index (χ0n) is 20.0. The van der Waals surface area contributed by atoms with Crippen molar-refractivity contribution in [2.45, 2.75) is 64.5 Å².